The number of anilines is 5. The van der Waals surface area contributed by atoms with Crippen molar-refractivity contribution in [3.8, 4) is 0 Å². The molecule has 1 unspecified atom stereocenters. The van der Waals surface area contributed by atoms with Gasteiger partial charge < -0.3 is 20.3 Å². The zero-order valence-corrected chi connectivity index (χ0v) is 19.3. The number of nitrogens with one attached hydrogen (secondary N) is 2. The fourth-order valence-electron chi connectivity index (χ4n) is 3.04. The van der Waals surface area contributed by atoms with Crippen LogP contribution in [-0.2, 0) is 4.74 Å². The van der Waals surface area contributed by atoms with Crippen LogP contribution < -0.4 is 20.4 Å². The fraction of sp³-hybridized carbons (Fsp3) is 0.261. The predicted octanol–water partition coefficient (Wildman–Crippen LogP) is 5.01. The van der Waals surface area contributed by atoms with Gasteiger partial charge in [-0.25, -0.2) is 14.7 Å². The van der Waals surface area contributed by atoms with Crippen LogP contribution in [0.1, 0.15) is 6.92 Å². The van der Waals surface area contributed by atoms with Crippen LogP contribution in [0.4, 0.5) is 33.6 Å². The molecule has 0 fully saturated rings. The number of methoxy groups -OCH3 is 1. The molecule has 0 spiro atoms. The topological polar surface area (TPSA) is 82.6 Å². The number of urea groups is 1. The smallest absolute Gasteiger partial charge is 0.332 e. The molecule has 0 radical (unpaired) electrons. The Hall–Kier alpha value is -3.36. The van der Waals surface area contributed by atoms with E-state index in [9.17, 15) is 4.79 Å². The summed E-state index contributed by atoms with van der Waals surface area (Å²) in [6, 6.07) is 16.0. The van der Waals surface area contributed by atoms with Crippen LogP contribution in [-0.4, -0.2) is 49.9 Å². The lowest BCUT2D eigenvalue weighted by Gasteiger charge is -2.24. The zero-order chi connectivity index (χ0) is 23.1. The second kappa shape index (κ2) is 10.8. The summed E-state index contributed by atoms with van der Waals surface area (Å²) >= 11 is 6.25. The molecule has 0 bridgehead atoms. The van der Waals surface area contributed by atoms with E-state index in [1.54, 1.807) is 37.6 Å². The lowest BCUT2D eigenvalue weighted by atomic mass is 10.2. The van der Waals surface area contributed by atoms with E-state index < -0.39 is 6.03 Å². The number of aromatic nitrogens is 2. The third kappa shape index (κ3) is 5.87. The first kappa shape index (κ1) is 23.3. The maximum Gasteiger partial charge on any atom is 0.332 e. The van der Waals surface area contributed by atoms with Crippen LogP contribution in [0, 0.1) is 0 Å². The summed E-state index contributed by atoms with van der Waals surface area (Å²) in [4.78, 5) is 25.7. The number of nitrogens with zero attached hydrogens (tertiary/aromatic N) is 4. The fourth-order valence-corrected chi connectivity index (χ4v) is 3.23. The maximum atomic E-state index is 13.4. The first-order valence-electron chi connectivity index (χ1n) is 10.1. The summed E-state index contributed by atoms with van der Waals surface area (Å²) in [6.07, 6.45) is 1.61. The molecule has 9 heteroatoms. The van der Waals surface area contributed by atoms with E-state index in [4.69, 9.17) is 16.3 Å². The van der Waals surface area contributed by atoms with Gasteiger partial charge in [-0.3, -0.25) is 0 Å². The summed E-state index contributed by atoms with van der Waals surface area (Å²) < 4.78 is 5.16. The molecule has 0 aliphatic carbocycles. The van der Waals surface area contributed by atoms with Gasteiger partial charge in [-0.1, -0.05) is 23.7 Å². The summed E-state index contributed by atoms with van der Waals surface area (Å²) in [6.45, 7) is 2.46. The average molecular weight is 455 g/mol. The van der Waals surface area contributed by atoms with Gasteiger partial charge in [0.05, 0.1) is 23.0 Å². The van der Waals surface area contributed by atoms with Gasteiger partial charge in [0.1, 0.15) is 5.82 Å². The summed E-state index contributed by atoms with van der Waals surface area (Å²) in [5.41, 5.74) is 2.17. The molecule has 8 nitrogen and oxygen atoms in total. The van der Waals surface area contributed by atoms with E-state index in [0.717, 1.165) is 5.69 Å². The van der Waals surface area contributed by atoms with Crippen LogP contribution in [0.25, 0.3) is 0 Å². The first-order chi connectivity index (χ1) is 15.4. The summed E-state index contributed by atoms with van der Waals surface area (Å²) in [7, 11) is 5.55. The van der Waals surface area contributed by atoms with Crippen molar-refractivity contribution in [2.45, 2.75) is 13.0 Å². The number of carbonyl (C=O) groups is 1. The highest BCUT2D eigenvalue weighted by Crippen LogP contribution is 2.29. The Balaban J connectivity index is 1.97. The Morgan fingerprint density at radius 1 is 1.09 bits per heavy atom. The first-order valence-corrected chi connectivity index (χ1v) is 10.5. The van der Waals surface area contributed by atoms with Gasteiger partial charge in [-0.05, 0) is 43.3 Å². The van der Waals surface area contributed by atoms with Gasteiger partial charge in [0, 0.05) is 45.2 Å². The Morgan fingerprint density at radius 3 is 2.44 bits per heavy atom. The van der Waals surface area contributed by atoms with Crippen LogP contribution >= 0.6 is 11.6 Å². The Bertz CT molecular complexity index is 1040. The van der Waals surface area contributed by atoms with Crippen molar-refractivity contribution in [1.82, 2.24) is 9.97 Å². The summed E-state index contributed by atoms with van der Waals surface area (Å²) in [5, 5.41) is 6.49. The Labute approximate surface area is 193 Å². The standard InChI is InChI=1S/C23H27ClN6O2/c1-16(15-32-4)26-22-25-14-13-21(28-22)30(18-11-9-17(10-12-18)29(2)3)23(31)27-20-8-6-5-7-19(20)24/h5-14,16H,15H2,1-4H3,(H,27,31)(H,25,26,28). The van der Waals surface area contributed by atoms with Gasteiger partial charge >= 0.3 is 6.03 Å². The third-order valence-electron chi connectivity index (χ3n) is 4.60. The van der Waals surface area contributed by atoms with Gasteiger partial charge in [0.2, 0.25) is 5.95 Å². The van der Waals surface area contributed by atoms with E-state index in [1.165, 1.54) is 4.90 Å². The van der Waals surface area contributed by atoms with E-state index in [0.29, 0.717) is 34.8 Å². The molecule has 2 N–H and O–H groups in total. The molecule has 0 saturated heterocycles. The molecule has 1 atom stereocenters. The second-order valence-corrected chi connectivity index (χ2v) is 7.80. The molecular weight excluding hydrogens is 428 g/mol. The summed E-state index contributed by atoms with van der Waals surface area (Å²) in [5.74, 6) is 0.807. The van der Waals surface area contributed by atoms with Crippen LogP contribution in [0.2, 0.25) is 5.02 Å². The third-order valence-corrected chi connectivity index (χ3v) is 4.93. The van der Waals surface area contributed by atoms with Crippen molar-refractivity contribution in [3.63, 3.8) is 0 Å². The largest absolute Gasteiger partial charge is 0.383 e. The van der Waals surface area contributed by atoms with Crippen LogP contribution in [0.5, 0.6) is 0 Å². The van der Waals surface area contributed by atoms with Gasteiger partial charge in [-0.15, -0.1) is 0 Å². The molecule has 3 aromatic rings. The molecular formula is C23H27ClN6O2. The van der Waals surface area contributed by atoms with E-state index in [1.807, 2.05) is 56.3 Å². The lowest BCUT2D eigenvalue weighted by Crippen LogP contribution is -2.32. The molecule has 0 aliphatic rings. The number of ether oxygens (including phenoxy) is 1. The SMILES string of the molecule is COCC(C)Nc1nccc(N(C(=O)Nc2ccccc2Cl)c2ccc(N(C)C)cc2)n1. The molecule has 168 valence electrons. The van der Waals surface area contributed by atoms with Gasteiger partial charge in [0.15, 0.2) is 0 Å². The molecule has 0 aliphatic heterocycles. The number of para-hydroxylation sites is 1. The minimum Gasteiger partial charge on any atom is -0.383 e. The van der Waals surface area contributed by atoms with E-state index in [-0.39, 0.29) is 6.04 Å². The highest BCUT2D eigenvalue weighted by atomic mass is 35.5. The maximum absolute atomic E-state index is 13.4. The predicted molar refractivity (Wildman–Crippen MR) is 130 cm³/mol. The minimum atomic E-state index is -0.398. The Kier molecular flexibility index (Phi) is 7.86. The number of carbonyl (C=O) groups excluding carboxylic acids is 1. The number of amides is 2. The molecule has 2 aromatic carbocycles. The average Bonchev–Trinajstić information content (AvgIpc) is 2.76. The molecule has 3 rings (SSSR count). The number of hydrogen-bond donors (Lipinski definition) is 2. The highest BCUT2D eigenvalue weighted by molar-refractivity contribution is 6.33. The van der Waals surface area contributed by atoms with Crippen molar-refractivity contribution in [1.29, 1.82) is 0 Å². The van der Waals surface area contributed by atoms with Crippen LogP contribution in [0.3, 0.4) is 0 Å². The number of hydrogen-bond acceptors (Lipinski definition) is 6. The lowest BCUT2D eigenvalue weighted by molar-refractivity contribution is 0.190. The van der Waals surface area contributed by atoms with E-state index >= 15 is 0 Å². The molecule has 0 saturated carbocycles. The minimum absolute atomic E-state index is 0.0000248. The molecule has 1 heterocycles. The van der Waals surface area contributed by atoms with Crippen molar-refractivity contribution >= 4 is 46.5 Å². The van der Waals surface area contributed by atoms with Crippen LogP contribution in [0.15, 0.2) is 60.8 Å². The second-order valence-electron chi connectivity index (χ2n) is 7.40. The normalized spacial score (nSPS) is 11.5. The number of benzene rings is 2. The van der Waals surface area contributed by atoms with Crippen molar-refractivity contribution in [3.05, 3.63) is 65.8 Å². The van der Waals surface area contributed by atoms with E-state index in [2.05, 4.69) is 20.6 Å². The quantitative estimate of drug-likeness (QED) is 0.497. The molecule has 1 aromatic heterocycles. The van der Waals surface area contributed by atoms with Crippen molar-refractivity contribution < 1.29 is 9.53 Å². The van der Waals surface area contributed by atoms with Crippen molar-refractivity contribution in [2.75, 3.05) is 48.2 Å². The number of halogens is 1. The molecule has 2 amide bonds. The number of rotatable bonds is 8. The highest BCUT2D eigenvalue weighted by Gasteiger charge is 2.21. The van der Waals surface area contributed by atoms with Gasteiger partial charge in [0.25, 0.3) is 0 Å². The van der Waals surface area contributed by atoms with Gasteiger partial charge in [-0.2, -0.15) is 4.98 Å². The zero-order valence-electron chi connectivity index (χ0n) is 18.5. The molecule has 32 heavy (non-hydrogen) atoms. The van der Waals surface area contributed by atoms with Crippen molar-refractivity contribution in [2.24, 2.45) is 0 Å². The Morgan fingerprint density at radius 2 is 1.78 bits per heavy atom. The monoisotopic (exact) mass is 454 g/mol.